The minimum absolute atomic E-state index is 0.172. The lowest BCUT2D eigenvalue weighted by molar-refractivity contribution is -0.115. The van der Waals surface area contributed by atoms with Crippen molar-refractivity contribution in [1.29, 1.82) is 0 Å². The smallest absolute Gasteiger partial charge is 0.251 e. The number of aryl methyl sites for hydroxylation is 2. The van der Waals surface area contributed by atoms with E-state index in [0.717, 1.165) is 16.8 Å². The fourth-order valence-corrected chi connectivity index (χ4v) is 2.97. The molecule has 0 bridgehead atoms. The number of hydrogen-bond donors (Lipinski definition) is 2. The molecular weight excluding hydrogens is 406 g/mol. The number of carbonyl (C=O) groups is 2. The van der Waals surface area contributed by atoms with Gasteiger partial charge in [-0.25, -0.2) is 0 Å². The lowest BCUT2D eigenvalue weighted by atomic mass is 10.2. The van der Waals surface area contributed by atoms with Crippen LogP contribution in [0.5, 0.6) is 5.75 Å². The van der Waals surface area contributed by atoms with Crippen LogP contribution in [-0.2, 0) is 11.4 Å². The minimum Gasteiger partial charge on any atom is -0.489 e. The molecule has 2 N–H and O–H groups in total. The van der Waals surface area contributed by atoms with Crippen LogP contribution in [0.25, 0.3) is 0 Å². The van der Waals surface area contributed by atoms with E-state index >= 15 is 0 Å². The summed E-state index contributed by atoms with van der Waals surface area (Å²) in [6.45, 7) is 5.58. The van der Waals surface area contributed by atoms with Crippen molar-refractivity contribution in [2.24, 2.45) is 0 Å². The SMILES string of the molecule is Cc1noc(C)c1COc1cccc(C(=O)NCC(=O)Nc2cccc(Cl)c2C)c1. The zero-order valence-electron chi connectivity index (χ0n) is 16.9. The maximum Gasteiger partial charge on any atom is 0.251 e. The van der Waals surface area contributed by atoms with E-state index in [2.05, 4.69) is 15.8 Å². The fourth-order valence-electron chi connectivity index (χ4n) is 2.79. The second kappa shape index (κ2) is 9.45. The largest absolute Gasteiger partial charge is 0.489 e. The molecule has 0 saturated heterocycles. The Morgan fingerprint density at radius 3 is 2.63 bits per heavy atom. The number of anilines is 1. The molecule has 0 fully saturated rings. The van der Waals surface area contributed by atoms with Gasteiger partial charge < -0.3 is 19.9 Å². The van der Waals surface area contributed by atoms with Gasteiger partial charge in [-0.15, -0.1) is 0 Å². The minimum atomic E-state index is -0.379. The summed E-state index contributed by atoms with van der Waals surface area (Å²) in [5, 5.41) is 9.79. The number of carbonyl (C=O) groups excluding carboxylic acids is 2. The van der Waals surface area contributed by atoms with Crippen LogP contribution in [0.4, 0.5) is 5.69 Å². The zero-order valence-corrected chi connectivity index (χ0v) is 17.7. The summed E-state index contributed by atoms with van der Waals surface area (Å²) in [4.78, 5) is 24.6. The van der Waals surface area contributed by atoms with Crippen LogP contribution in [0.1, 0.15) is 32.9 Å². The van der Waals surface area contributed by atoms with Crippen LogP contribution in [0.3, 0.4) is 0 Å². The lowest BCUT2D eigenvalue weighted by Gasteiger charge is -2.11. The molecule has 0 unspecified atom stereocenters. The van der Waals surface area contributed by atoms with E-state index in [1.54, 1.807) is 42.5 Å². The van der Waals surface area contributed by atoms with Crippen molar-refractivity contribution in [2.45, 2.75) is 27.4 Å². The summed E-state index contributed by atoms with van der Waals surface area (Å²) in [5.74, 6) is 0.499. The van der Waals surface area contributed by atoms with E-state index in [9.17, 15) is 9.59 Å². The van der Waals surface area contributed by atoms with E-state index in [1.165, 1.54) is 0 Å². The van der Waals surface area contributed by atoms with Gasteiger partial charge in [-0.05, 0) is 56.7 Å². The molecule has 0 aliphatic carbocycles. The van der Waals surface area contributed by atoms with Crippen molar-refractivity contribution >= 4 is 29.1 Å². The van der Waals surface area contributed by atoms with Gasteiger partial charge in [0.2, 0.25) is 5.91 Å². The summed E-state index contributed by atoms with van der Waals surface area (Å²) < 4.78 is 10.9. The first-order valence-corrected chi connectivity index (χ1v) is 9.70. The Morgan fingerprint density at radius 1 is 1.13 bits per heavy atom. The summed E-state index contributed by atoms with van der Waals surface area (Å²) in [5.41, 5.74) is 3.40. The molecule has 0 saturated carbocycles. The van der Waals surface area contributed by atoms with Crippen LogP contribution in [0.2, 0.25) is 5.02 Å². The number of amides is 2. The summed E-state index contributed by atoms with van der Waals surface area (Å²) in [7, 11) is 0. The monoisotopic (exact) mass is 427 g/mol. The van der Waals surface area contributed by atoms with Crippen LogP contribution in [0, 0.1) is 20.8 Å². The molecule has 30 heavy (non-hydrogen) atoms. The van der Waals surface area contributed by atoms with Gasteiger partial charge in [0.15, 0.2) is 0 Å². The van der Waals surface area contributed by atoms with E-state index in [1.807, 2.05) is 20.8 Å². The van der Waals surface area contributed by atoms with Crippen molar-refractivity contribution in [3.8, 4) is 5.75 Å². The van der Waals surface area contributed by atoms with Crippen molar-refractivity contribution in [1.82, 2.24) is 10.5 Å². The van der Waals surface area contributed by atoms with Crippen molar-refractivity contribution < 1.29 is 18.8 Å². The topological polar surface area (TPSA) is 93.5 Å². The molecular formula is C22H22ClN3O4. The van der Waals surface area contributed by atoms with Crippen LogP contribution >= 0.6 is 11.6 Å². The average Bonchev–Trinajstić information content (AvgIpc) is 3.05. The summed E-state index contributed by atoms with van der Waals surface area (Å²) >= 11 is 6.05. The Morgan fingerprint density at radius 2 is 1.90 bits per heavy atom. The maximum atomic E-state index is 12.4. The van der Waals surface area contributed by atoms with E-state index in [0.29, 0.717) is 27.8 Å². The third-order valence-corrected chi connectivity index (χ3v) is 5.02. The number of nitrogens with one attached hydrogen (secondary N) is 2. The van der Waals surface area contributed by atoms with E-state index in [4.69, 9.17) is 20.9 Å². The molecule has 3 rings (SSSR count). The molecule has 0 spiro atoms. The van der Waals surface area contributed by atoms with Crippen molar-refractivity contribution in [3.05, 3.63) is 75.6 Å². The Kier molecular flexibility index (Phi) is 6.74. The predicted octanol–water partition coefficient (Wildman–Crippen LogP) is 4.20. The van der Waals surface area contributed by atoms with Crippen molar-refractivity contribution in [3.63, 3.8) is 0 Å². The second-order valence-electron chi connectivity index (χ2n) is 6.76. The molecule has 8 heteroatoms. The number of ether oxygens (including phenoxy) is 1. The Hall–Kier alpha value is -3.32. The average molecular weight is 428 g/mol. The molecule has 0 radical (unpaired) electrons. The van der Waals surface area contributed by atoms with Gasteiger partial charge in [-0.3, -0.25) is 9.59 Å². The van der Waals surface area contributed by atoms with Gasteiger partial charge in [-0.1, -0.05) is 28.9 Å². The first-order chi connectivity index (χ1) is 14.3. The van der Waals surface area contributed by atoms with Crippen LogP contribution in [-0.4, -0.2) is 23.5 Å². The molecule has 0 atom stereocenters. The summed E-state index contributed by atoms with van der Waals surface area (Å²) in [6.07, 6.45) is 0. The second-order valence-corrected chi connectivity index (χ2v) is 7.17. The first-order valence-electron chi connectivity index (χ1n) is 9.33. The molecule has 0 aliphatic rings. The molecule has 1 aromatic heterocycles. The number of halogens is 1. The lowest BCUT2D eigenvalue weighted by Crippen LogP contribution is -2.33. The van der Waals surface area contributed by atoms with Gasteiger partial charge in [0, 0.05) is 16.3 Å². The third-order valence-electron chi connectivity index (χ3n) is 4.61. The highest BCUT2D eigenvalue weighted by Crippen LogP contribution is 2.23. The molecule has 2 amide bonds. The molecule has 3 aromatic rings. The zero-order chi connectivity index (χ0) is 21.7. The molecule has 156 valence electrons. The highest BCUT2D eigenvalue weighted by atomic mass is 35.5. The number of benzene rings is 2. The van der Waals surface area contributed by atoms with Gasteiger partial charge in [0.05, 0.1) is 17.8 Å². The molecule has 7 nitrogen and oxygen atoms in total. The Labute approximate surface area is 179 Å². The molecule has 2 aromatic carbocycles. The van der Waals surface area contributed by atoms with Crippen LogP contribution < -0.4 is 15.4 Å². The van der Waals surface area contributed by atoms with Crippen LogP contribution in [0.15, 0.2) is 47.0 Å². The van der Waals surface area contributed by atoms with Gasteiger partial charge in [0.1, 0.15) is 18.1 Å². The van der Waals surface area contributed by atoms with E-state index < -0.39 is 0 Å². The standard InChI is InChI=1S/C22H22ClN3O4/c1-13-19(23)8-5-9-20(13)25-21(27)11-24-22(28)16-6-4-7-17(10-16)29-12-18-14(2)26-30-15(18)3/h4-10H,11-12H2,1-3H3,(H,24,28)(H,25,27). The van der Waals surface area contributed by atoms with Gasteiger partial charge in [-0.2, -0.15) is 0 Å². The van der Waals surface area contributed by atoms with Gasteiger partial charge >= 0.3 is 0 Å². The normalized spacial score (nSPS) is 10.5. The fraction of sp³-hybridized carbons (Fsp3) is 0.227. The first kappa shape index (κ1) is 21.4. The number of rotatable bonds is 7. The summed E-state index contributed by atoms with van der Waals surface area (Å²) in [6, 6.07) is 12.0. The highest BCUT2D eigenvalue weighted by molar-refractivity contribution is 6.31. The maximum absolute atomic E-state index is 12.4. The van der Waals surface area contributed by atoms with Crippen molar-refractivity contribution in [2.75, 3.05) is 11.9 Å². The van der Waals surface area contributed by atoms with E-state index in [-0.39, 0.29) is 25.0 Å². The predicted molar refractivity (Wildman–Crippen MR) is 114 cm³/mol. The highest BCUT2D eigenvalue weighted by Gasteiger charge is 2.12. The third kappa shape index (κ3) is 5.18. The molecule has 0 aliphatic heterocycles. The number of hydrogen-bond acceptors (Lipinski definition) is 5. The molecule has 1 heterocycles. The van der Waals surface area contributed by atoms with Gasteiger partial charge in [0.25, 0.3) is 5.91 Å². The Balaban J connectivity index is 1.56. The number of nitrogens with zero attached hydrogens (tertiary/aromatic N) is 1. The Bertz CT molecular complexity index is 1060. The number of aromatic nitrogens is 1. The quantitative estimate of drug-likeness (QED) is 0.589.